The third-order valence-electron chi connectivity index (χ3n) is 5.52. The number of carbonyl (C=O) groups excluding carboxylic acids is 1. The van der Waals surface area contributed by atoms with Gasteiger partial charge in [-0.05, 0) is 43.2 Å². The summed E-state index contributed by atoms with van der Waals surface area (Å²) in [5.41, 5.74) is 2.12. The van der Waals surface area contributed by atoms with Crippen molar-refractivity contribution in [1.82, 2.24) is 4.90 Å². The fourth-order valence-corrected chi connectivity index (χ4v) is 3.80. The van der Waals surface area contributed by atoms with Crippen molar-refractivity contribution in [3.8, 4) is 5.75 Å². The first-order valence-corrected chi connectivity index (χ1v) is 10.2. The number of nitrogens with zero attached hydrogens (tertiary/aromatic N) is 1. The monoisotopic (exact) mass is 409 g/mol. The third-order valence-corrected chi connectivity index (χ3v) is 5.52. The molecule has 30 heavy (non-hydrogen) atoms. The predicted octanol–water partition coefficient (Wildman–Crippen LogP) is 3.99. The zero-order valence-electron chi connectivity index (χ0n) is 17.4. The van der Waals surface area contributed by atoms with E-state index in [-0.39, 0.29) is 18.7 Å². The second kappa shape index (κ2) is 9.32. The molecule has 0 aliphatic carbocycles. The summed E-state index contributed by atoms with van der Waals surface area (Å²) in [5.74, 6) is 1.16. The Kier molecular flexibility index (Phi) is 6.35. The fourth-order valence-electron chi connectivity index (χ4n) is 3.80. The van der Waals surface area contributed by atoms with Crippen molar-refractivity contribution in [2.75, 3.05) is 33.4 Å². The number of rotatable bonds is 7. The molecule has 1 fully saturated rings. The Bertz CT molecular complexity index is 948. The van der Waals surface area contributed by atoms with Gasteiger partial charge in [0, 0.05) is 24.5 Å². The lowest BCUT2D eigenvalue weighted by molar-refractivity contribution is -0.142. The Labute approximate surface area is 176 Å². The maximum absolute atomic E-state index is 11.2. The predicted molar refractivity (Wildman–Crippen MR) is 114 cm³/mol. The zero-order valence-corrected chi connectivity index (χ0v) is 17.4. The molecule has 6 nitrogen and oxygen atoms in total. The highest BCUT2D eigenvalue weighted by molar-refractivity contribution is 5.77. The summed E-state index contributed by atoms with van der Waals surface area (Å²) in [5, 5.41) is 1.11. The van der Waals surface area contributed by atoms with Crippen LogP contribution in [0.5, 0.6) is 5.75 Å². The first-order valence-electron chi connectivity index (χ1n) is 10.2. The standard InChI is InChI=1S/C24H27NO5/c1-17(13-18-7-9-20(10-8-18)29-16-24(26)27-2)25-11-12-28-23(15-25)22-14-19-5-3-4-6-21(19)30-22/h3-10,14,17,23H,11-13,15-16H2,1-2H3. The van der Waals surface area contributed by atoms with E-state index in [0.29, 0.717) is 18.4 Å². The summed E-state index contributed by atoms with van der Waals surface area (Å²) in [6, 6.07) is 18.4. The smallest absolute Gasteiger partial charge is 0.343 e. The molecular formula is C24H27NO5. The number of esters is 1. The van der Waals surface area contributed by atoms with Gasteiger partial charge in [-0.2, -0.15) is 0 Å². The highest BCUT2D eigenvalue weighted by Crippen LogP contribution is 2.29. The number of carbonyl (C=O) groups is 1. The molecule has 3 aromatic rings. The van der Waals surface area contributed by atoms with E-state index in [1.165, 1.54) is 12.7 Å². The number of methoxy groups -OCH3 is 1. The van der Waals surface area contributed by atoms with Crippen LogP contribution in [-0.2, 0) is 20.7 Å². The van der Waals surface area contributed by atoms with Gasteiger partial charge in [0.05, 0.1) is 13.7 Å². The average Bonchev–Trinajstić information content (AvgIpc) is 3.23. The van der Waals surface area contributed by atoms with Gasteiger partial charge in [0.2, 0.25) is 0 Å². The number of hydrogen-bond donors (Lipinski definition) is 0. The van der Waals surface area contributed by atoms with Crippen LogP contribution in [0.3, 0.4) is 0 Å². The molecule has 158 valence electrons. The molecule has 0 spiro atoms. The largest absolute Gasteiger partial charge is 0.482 e. The molecule has 0 N–H and O–H groups in total. The van der Waals surface area contributed by atoms with Gasteiger partial charge >= 0.3 is 5.97 Å². The minimum Gasteiger partial charge on any atom is -0.482 e. The van der Waals surface area contributed by atoms with Crippen molar-refractivity contribution in [3.63, 3.8) is 0 Å². The van der Waals surface area contributed by atoms with Gasteiger partial charge in [-0.3, -0.25) is 4.90 Å². The second-order valence-electron chi connectivity index (χ2n) is 7.60. The van der Waals surface area contributed by atoms with Crippen molar-refractivity contribution in [2.24, 2.45) is 0 Å². The van der Waals surface area contributed by atoms with E-state index in [9.17, 15) is 4.79 Å². The molecule has 0 saturated carbocycles. The molecule has 2 unspecified atom stereocenters. The molecule has 0 radical (unpaired) electrons. The average molecular weight is 409 g/mol. The van der Waals surface area contributed by atoms with Crippen LogP contribution in [-0.4, -0.2) is 50.3 Å². The van der Waals surface area contributed by atoms with Gasteiger partial charge in [0.15, 0.2) is 6.61 Å². The van der Waals surface area contributed by atoms with Crippen LogP contribution in [0.4, 0.5) is 0 Å². The first kappa shape index (κ1) is 20.4. The van der Waals surface area contributed by atoms with E-state index in [4.69, 9.17) is 13.9 Å². The van der Waals surface area contributed by atoms with E-state index in [1.54, 1.807) is 0 Å². The normalized spacial score (nSPS) is 18.3. The Morgan fingerprint density at radius 1 is 1.20 bits per heavy atom. The molecule has 4 rings (SSSR count). The number of benzene rings is 2. The van der Waals surface area contributed by atoms with Gasteiger partial charge in [-0.15, -0.1) is 0 Å². The van der Waals surface area contributed by atoms with Gasteiger partial charge in [-0.25, -0.2) is 4.79 Å². The lowest BCUT2D eigenvalue weighted by Crippen LogP contribution is -2.44. The van der Waals surface area contributed by atoms with Crippen LogP contribution in [0.1, 0.15) is 24.4 Å². The molecule has 2 aromatic carbocycles. The highest BCUT2D eigenvalue weighted by Gasteiger charge is 2.27. The highest BCUT2D eigenvalue weighted by atomic mass is 16.6. The van der Waals surface area contributed by atoms with Gasteiger partial charge in [0.1, 0.15) is 23.2 Å². The van der Waals surface area contributed by atoms with Crippen LogP contribution in [0.2, 0.25) is 0 Å². The van der Waals surface area contributed by atoms with Crippen LogP contribution in [0.15, 0.2) is 59.0 Å². The van der Waals surface area contributed by atoms with Crippen LogP contribution >= 0.6 is 0 Å². The Morgan fingerprint density at radius 2 is 2.00 bits per heavy atom. The molecule has 1 aliphatic rings. The lowest BCUT2D eigenvalue weighted by atomic mass is 10.0. The van der Waals surface area contributed by atoms with E-state index in [0.717, 1.165) is 36.2 Å². The van der Waals surface area contributed by atoms with Crippen molar-refractivity contribution >= 4 is 16.9 Å². The summed E-state index contributed by atoms with van der Waals surface area (Å²) in [6.07, 6.45) is 0.868. The second-order valence-corrected chi connectivity index (χ2v) is 7.60. The zero-order chi connectivity index (χ0) is 20.9. The number of hydrogen-bond acceptors (Lipinski definition) is 6. The maximum atomic E-state index is 11.2. The van der Waals surface area contributed by atoms with Gasteiger partial charge < -0.3 is 18.6 Å². The van der Waals surface area contributed by atoms with Crippen LogP contribution in [0.25, 0.3) is 11.0 Å². The summed E-state index contributed by atoms with van der Waals surface area (Å²) < 4.78 is 22.0. The molecule has 1 aliphatic heterocycles. The number of para-hydroxylation sites is 1. The molecule has 1 aromatic heterocycles. The summed E-state index contributed by atoms with van der Waals surface area (Å²) in [4.78, 5) is 13.6. The Morgan fingerprint density at radius 3 is 2.77 bits per heavy atom. The molecule has 2 heterocycles. The third kappa shape index (κ3) is 4.83. The molecule has 2 atom stereocenters. The van der Waals surface area contributed by atoms with Crippen molar-refractivity contribution in [3.05, 3.63) is 65.9 Å². The number of furan rings is 1. The molecular weight excluding hydrogens is 382 g/mol. The van der Waals surface area contributed by atoms with Crippen LogP contribution < -0.4 is 4.74 Å². The molecule has 0 amide bonds. The maximum Gasteiger partial charge on any atom is 0.343 e. The van der Waals surface area contributed by atoms with Crippen molar-refractivity contribution in [1.29, 1.82) is 0 Å². The van der Waals surface area contributed by atoms with Crippen LogP contribution in [0, 0.1) is 0 Å². The number of morpholine rings is 1. The van der Waals surface area contributed by atoms with Gasteiger partial charge in [0.25, 0.3) is 0 Å². The summed E-state index contributed by atoms with van der Waals surface area (Å²) in [6.45, 7) is 4.55. The van der Waals surface area contributed by atoms with E-state index in [2.05, 4.69) is 28.7 Å². The van der Waals surface area contributed by atoms with E-state index < -0.39 is 0 Å². The Balaban J connectivity index is 1.35. The number of fused-ring (bicyclic) bond motifs is 1. The van der Waals surface area contributed by atoms with Crippen molar-refractivity contribution in [2.45, 2.75) is 25.5 Å². The van der Waals surface area contributed by atoms with Gasteiger partial charge in [-0.1, -0.05) is 30.3 Å². The Hall–Kier alpha value is -2.83. The van der Waals surface area contributed by atoms with E-state index >= 15 is 0 Å². The minimum atomic E-state index is -0.390. The molecule has 6 heteroatoms. The number of ether oxygens (including phenoxy) is 3. The minimum absolute atomic E-state index is 0.0531. The quantitative estimate of drug-likeness (QED) is 0.550. The molecule has 1 saturated heterocycles. The summed E-state index contributed by atoms with van der Waals surface area (Å²) >= 11 is 0. The fraction of sp³-hybridized carbons (Fsp3) is 0.375. The van der Waals surface area contributed by atoms with Crippen molar-refractivity contribution < 1.29 is 23.4 Å². The molecule has 0 bridgehead atoms. The first-order chi connectivity index (χ1) is 14.6. The topological polar surface area (TPSA) is 61.1 Å². The van der Waals surface area contributed by atoms with E-state index in [1.807, 2.05) is 42.5 Å². The summed E-state index contributed by atoms with van der Waals surface area (Å²) in [7, 11) is 1.35. The lowest BCUT2D eigenvalue weighted by Gasteiger charge is -2.36. The SMILES string of the molecule is COC(=O)COc1ccc(CC(C)N2CCOC(c3cc4ccccc4o3)C2)cc1.